The van der Waals surface area contributed by atoms with Gasteiger partial charge in [-0.15, -0.1) is 0 Å². The quantitative estimate of drug-likeness (QED) is 0.431. The summed E-state index contributed by atoms with van der Waals surface area (Å²) < 4.78 is 6.72. The molecule has 0 aromatic rings. The molecule has 32 heavy (non-hydrogen) atoms. The summed E-state index contributed by atoms with van der Waals surface area (Å²) in [5.41, 5.74) is 9.29. The molecule has 5 saturated carbocycles. The average Bonchev–Trinajstić information content (AvgIpc) is 3.05. The highest BCUT2D eigenvalue weighted by atomic mass is 16.5. The van der Waals surface area contributed by atoms with Gasteiger partial charge in [-0.1, -0.05) is 48.5 Å². The maximum Gasteiger partial charge on any atom is 0.0663 e. The van der Waals surface area contributed by atoms with Gasteiger partial charge in [0.2, 0.25) is 0 Å². The van der Waals surface area contributed by atoms with Crippen LogP contribution in [0.25, 0.3) is 0 Å². The summed E-state index contributed by atoms with van der Waals surface area (Å²) in [6.45, 7) is 19.3. The molecule has 0 aromatic heterocycles. The molecule has 6 aliphatic rings. The van der Waals surface area contributed by atoms with Crippen molar-refractivity contribution in [1.82, 2.24) is 0 Å². The third-order valence-corrected chi connectivity index (χ3v) is 14.2. The highest BCUT2D eigenvalue weighted by Crippen LogP contribution is 2.77. The molecule has 0 amide bonds. The van der Waals surface area contributed by atoms with Gasteiger partial charge in [0, 0.05) is 6.04 Å². The van der Waals surface area contributed by atoms with Gasteiger partial charge in [0.15, 0.2) is 0 Å². The summed E-state index contributed by atoms with van der Waals surface area (Å²) in [5, 5.41) is 0. The second-order valence-electron chi connectivity index (χ2n) is 15.7. The molecular formula is C30H51NO. The molecule has 0 radical (unpaired) electrons. The van der Waals surface area contributed by atoms with Gasteiger partial charge in [0.25, 0.3) is 0 Å². The van der Waals surface area contributed by atoms with E-state index in [-0.39, 0.29) is 5.41 Å². The molecule has 0 unspecified atom stereocenters. The van der Waals surface area contributed by atoms with Gasteiger partial charge in [-0.3, -0.25) is 0 Å². The predicted molar refractivity (Wildman–Crippen MR) is 132 cm³/mol. The summed E-state index contributed by atoms with van der Waals surface area (Å²) in [7, 11) is 0. The molecule has 0 aromatic carbocycles. The third-order valence-electron chi connectivity index (χ3n) is 14.2. The molecule has 6 rings (SSSR count). The van der Waals surface area contributed by atoms with Crippen LogP contribution in [0.5, 0.6) is 0 Å². The molecule has 182 valence electrons. The fourth-order valence-corrected chi connectivity index (χ4v) is 12.0. The van der Waals surface area contributed by atoms with Crippen molar-refractivity contribution in [2.45, 2.75) is 125 Å². The lowest BCUT2D eigenvalue weighted by atomic mass is 9.31. The lowest BCUT2D eigenvalue weighted by Gasteiger charge is -2.73. The lowest BCUT2D eigenvalue weighted by Crippen LogP contribution is -2.68. The van der Waals surface area contributed by atoms with E-state index in [9.17, 15) is 0 Å². The molecular weight excluding hydrogens is 390 g/mol. The monoisotopic (exact) mass is 441 g/mol. The molecule has 2 bridgehead atoms. The Morgan fingerprint density at radius 3 is 2.16 bits per heavy atom. The number of rotatable bonds is 0. The molecule has 1 heterocycles. The minimum Gasteiger partial charge on any atom is -0.377 e. The highest BCUT2D eigenvalue weighted by molar-refractivity contribution is 5.21. The Labute approximate surface area is 198 Å². The standard InChI is InChI=1S/C30H51NO/c1-25(2)14-16-30-17-15-28(6)19(23(30)24(25)32-18-30)8-9-21-27(5)12-11-22(31)26(3,4)20(27)10-13-29(21,28)7/h19-24H,8-18,31H2,1-7H3/t19-,20+,21-,22+,23+,24-,27+,28-,29-,30-/m1/s1. The summed E-state index contributed by atoms with van der Waals surface area (Å²) in [4.78, 5) is 0. The molecule has 5 aliphatic carbocycles. The van der Waals surface area contributed by atoms with Crippen LogP contribution in [0.1, 0.15) is 113 Å². The van der Waals surface area contributed by atoms with Crippen LogP contribution in [0.4, 0.5) is 0 Å². The number of nitrogens with two attached hydrogens (primary N) is 1. The fourth-order valence-electron chi connectivity index (χ4n) is 12.0. The van der Waals surface area contributed by atoms with Gasteiger partial charge in [0.1, 0.15) is 0 Å². The Bertz CT molecular complexity index is 803. The van der Waals surface area contributed by atoms with E-state index in [1.807, 2.05) is 0 Å². The van der Waals surface area contributed by atoms with Crippen molar-refractivity contribution in [2.75, 3.05) is 6.61 Å². The number of ether oxygens (including phenoxy) is 1. The molecule has 10 atom stereocenters. The van der Waals surface area contributed by atoms with Crippen LogP contribution in [0.3, 0.4) is 0 Å². The first-order valence-electron chi connectivity index (χ1n) is 14.2. The first-order chi connectivity index (χ1) is 14.8. The Hall–Kier alpha value is -0.0800. The van der Waals surface area contributed by atoms with Crippen molar-refractivity contribution >= 4 is 0 Å². The van der Waals surface area contributed by atoms with E-state index in [1.54, 1.807) is 0 Å². The molecule has 1 saturated heterocycles. The van der Waals surface area contributed by atoms with Gasteiger partial charge < -0.3 is 10.5 Å². The average molecular weight is 442 g/mol. The largest absolute Gasteiger partial charge is 0.377 e. The third kappa shape index (κ3) is 2.41. The normalized spacial score (nSPS) is 60.0. The number of hydrogen-bond donors (Lipinski definition) is 1. The first kappa shape index (κ1) is 22.4. The summed E-state index contributed by atoms with van der Waals surface area (Å²) in [6, 6.07) is 0.378. The molecule has 2 N–H and O–H groups in total. The Kier molecular flexibility index (Phi) is 4.46. The van der Waals surface area contributed by atoms with Crippen LogP contribution in [-0.4, -0.2) is 18.8 Å². The Balaban J connectivity index is 1.39. The van der Waals surface area contributed by atoms with Crippen molar-refractivity contribution in [1.29, 1.82) is 0 Å². The van der Waals surface area contributed by atoms with Crippen LogP contribution >= 0.6 is 0 Å². The van der Waals surface area contributed by atoms with Crippen LogP contribution in [0.15, 0.2) is 0 Å². The maximum absolute atomic E-state index is 6.73. The van der Waals surface area contributed by atoms with E-state index in [2.05, 4.69) is 48.5 Å². The Morgan fingerprint density at radius 2 is 1.41 bits per heavy atom. The minimum atomic E-state index is 0.281. The van der Waals surface area contributed by atoms with Crippen molar-refractivity contribution in [3.63, 3.8) is 0 Å². The molecule has 6 fully saturated rings. The second kappa shape index (κ2) is 6.37. The molecule has 2 nitrogen and oxygen atoms in total. The topological polar surface area (TPSA) is 35.2 Å². The van der Waals surface area contributed by atoms with E-state index in [0.717, 1.165) is 30.3 Å². The van der Waals surface area contributed by atoms with Gasteiger partial charge in [0.05, 0.1) is 12.7 Å². The maximum atomic E-state index is 6.73. The molecule has 0 spiro atoms. The zero-order valence-corrected chi connectivity index (χ0v) is 22.2. The van der Waals surface area contributed by atoms with Crippen molar-refractivity contribution < 1.29 is 4.74 Å². The van der Waals surface area contributed by atoms with Crippen LogP contribution in [0.2, 0.25) is 0 Å². The van der Waals surface area contributed by atoms with Gasteiger partial charge >= 0.3 is 0 Å². The van der Waals surface area contributed by atoms with Crippen molar-refractivity contribution in [3.8, 4) is 0 Å². The fraction of sp³-hybridized carbons (Fsp3) is 1.00. The lowest BCUT2D eigenvalue weighted by molar-refractivity contribution is -0.244. The highest BCUT2D eigenvalue weighted by Gasteiger charge is 2.72. The number of fused-ring (bicyclic) bond motifs is 5. The Morgan fingerprint density at radius 1 is 0.688 bits per heavy atom. The zero-order chi connectivity index (χ0) is 22.9. The van der Waals surface area contributed by atoms with Crippen LogP contribution in [0, 0.1) is 56.2 Å². The van der Waals surface area contributed by atoms with Crippen LogP contribution < -0.4 is 5.73 Å². The van der Waals surface area contributed by atoms with Crippen LogP contribution in [-0.2, 0) is 4.74 Å². The van der Waals surface area contributed by atoms with Crippen molar-refractivity contribution in [3.05, 3.63) is 0 Å². The smallest absolute Gasteiger partial charge is 0.0663 e. The SMILES string of the molecule is CC1(C)CC[C@]23CC[C@]4(C)[C@H](CC[C@@H]5[C@@]6(C)CC[C@H](N)C(C)(C)[C@@H]6CC[C@]54C)[C@H]2[C@H]1OC3. The summed E-state index contributed by atoms with van der Waals surface area (Å²) in [5.74, 6) is 3.33. The first-order valence-corrected chi connectivity index (χ1v) is 14.2. The zero-order valence-electron chi connectivity index (χ0n) is 22.2. The predicted octanol–water partition coefficient (Wildman–Crippen LogP) is 7.20. The van der Waals surface area contributed by atoms with Crippen molar-refractivity contribution in [2.24, 2.45) is 61.9 Å². The van der Waals surface area contributed by atoms with E-state index in [0.29, 0.717) is 39.2 Å². The van der Waals surface area contributed by atoms with Gasteiger partial charge in [-0.2, -0.15) is 0 Å². The van der Waals surface area contributed by atoms with Gasteiger partial charge in [-0.25, -0.2) is 0 Å². The minimum absolute atomic E-state index is 0.281. The van der Waals surface area contributed by atoms with E-state index in [1.165, 1.54) is 64.2 Å². The summed E-state index contributed by atoms with van der Waals surface area (Å²) in [6.07, 6.45) is 14.5. The summed E-state index contributed by atoms with van der Waals surface area (Å²) >= 11 is 0. The van der Waals surface area contributed by atoms with E-state index >= 15 is 0 Å². The van der Waals surface area contributed by atoms with E-state index < -0.39 is 0 Å². The second-order valence-corrected chi connectivity index (χ2v) is 15.7. The molecule has 1 aliphatic heterocycles. The molecule has 2 heteroatoms. The van der Waals surface area contributed by atoms with E-state index in [4.69, 9.17) is 10.5 Å². The number of hydrogen-bond acceptors (Lipinski definition) is 2. The van der Waals surface area contributed by atoms with Gasteiger partial charge in [-0.05, 0) is 120 Å².